The highest BCUT2D eigenvalue weighted by Crippen LogP contribution is 2.28. The zero-order chi connectivity index (χ0) is 13.8. The maximum atomic E-state index is 5.97. The van der Waals surface area contributed by atoms with E-state index in [1.165, 1.54) is 9.75 Å². The van der Waals surface area contributed by atoms with E-state index in [-0.39, 0.29) is 12.1 Å². The lowest BCUT2D eigenvalue weighted by molar-refractivity contribution is 0.177. The van der Waals surface area contributed by atoms with Gasteiger partial charge in [-0.2, -0.15) is 0 Å². The van der Waals surface area contributed by atoms with Crippen LogP contribution in [0.5, 0.6) is 5.75 Å². The Morgan fingerprint density at radius 1 is 1.26 bits per heavy atom. The number of nitrogens with one attached hydrogen (secondary N) is 1. The Morgan fingerprint density at radius 3 is 2.63 bits per heavy atom. The van der Waals surface area contributed by atoms with Crippen molar-refractivity contribution in [2.24, 2.45) is 0 Å². The molecule has 0 bridgehead atoms. The molecule has 0 aliphatic rings. The third-order valence-corrected chi connectivity index (χ3v) is 4.29. The first-order valence-electron chi connectivity index (χ1n) is 6.26. The summed E-state index contributed by atoms with van der Waals surface area (Å²) in [6.45, 7) is 4.18. The maximum Gasteiger partial charge on any atom is 0.121 e. The number of halogens is 1. The summed E-state index contributed by atoms with van der Waals surface area (Å²) < 4.78 is 5.97. The summed E-state index contributed by atoms with van der Waals surface area (Å²) in [7, 11) is 1.96. The van der Waals surface area contributed by atoms with Crippen LogP contribution in [0, 0.1) is 6.92 Å². The van der Waals surface area contributed by atoms with Crippen LogP contribution in [0.1, 0.15) is 22.7 Å². The van der Waals surface area contributed by atoms with Gasteiger partial charge < -0.3 is 10.1 Å². The summed E-state index contributed by atoms with van der Waals surface area (Å²) in [4.78, 5) is 2.60. The lowest BCUT2D eigenvalue weighted by Crippen LogP contribution is -2.30. The third kappa shape index (κ3) is 3.72. The molecule has 2 unspecified atom stereocenters. The third-order valence-electron chi connectivity index (χ3n) is 2.97. The molecule has 102 valence electrons. The zero-order valence-electron chi connectivity index (χ0n) is 11.3. The molecular formula is C15H18ClNOS. The monoisotopic (exact) mass is 295 g/mol. The van der Waals surface area contributed by atoms with Gasteiger partial charge in [0.25, 0.3) is 0 Å². The molecule has 2 nitrogen and oxygen atoms in total. The van der Waals surface area contributed by atoms with E-state index >= 15 is 0 Å². The topological polar surface area (TPSA) is 21.3 Å². The molecule has 19 heavy (non-hydrogen) atoms. The minimum Gasteiger partial charge on any atom is -0.489 e. The van der Waals surface area contributed by atoms with Gasteiger partial charge in [0, 0.05) is 14.8 Å². The quantitative estimate of drug-likeness (QED) is 0.880. The Morgan fingerprint density at radius 2 is 2.05 bits per heavy atom. The summed E-state index contributed by atoms with van der Waals surface area (Å²) >= 11 is 7.76. The van der Waals surface area contributed by atoms with Crippen LogP contribution < -0.4 is 10.1 Å². The maximum absolute atomic E-state index is 5.97. The summed E-state index contributed by atoms with van der Waals surface area (Å²) in [6, 6.07) is 12.0. The molecule has 0 saturated heterocycles. The lowest BCUT2D eigenvalue weighted by atomic mass is 10.1. The van der Waals surface area contributed by atoms with Crippen LogP contribution in [0.4, 0.5) is 0 Å². The molecule has 1 aromatic carbocycles. The highest BCUT2D eigenvalue weighted by Gasteiger charge is 2.20. The van der Waals surface area contributed by atoms with Gasteiger partial charge in [-0.15, -0.1) is 11.3 Å². The van der Waals surface area contributed by atoms with Crippen molar-refractivity contribution in [1.29, 1.82) is 0 Å². The van der Waals surface area contributed by atoms with Crippen LogP contribution in [0.25, 0.3) is 0 Å². The zero-order valence-corrected chi connectivity index (χ0v) is 12.9. The second-order valence-electron chi connectivity index (χ2n) is 4.50. The minimum atomic E-state index is 0.0292. The van der Waals surface area contributed by atoms with Gasteiger partial charge in [-0.25, -0.2) is 0 Å². The van der Waals surface area contributed by atoms with Crippen LogP contribution >= 0.6 is 22.9 Å². The molecule has 0 radical (unpaired) electrons. The molecule has 1 aromatic heterocycles. The number of hydrogen-bond donors (Lipinski definition) is 1. The van der Waals surface area contributed by atoms with Crippen LogP contribution in [0.3, 0.4) is 0 Å². The van der Waals surface area contributed by atoms with E-state index in [4.69, 9.17) is 16.3 Å². The van der Waals surface area contributed by atoms with E-state index < -0.39 is 0 Å². The molecule has 1 N–H and O–H groups in total. The van der Waals surface area contributed by atoms with Gasteiger partial charge in [0.05, 0.1) is 6.04 Å². The van der Waals surface area contributed by atoms with Crippen molar-refractivity contribution in [2.45, 2.75) is 26.0 Å². The molecule has 0 saturated carbocycles. The van der Waals surface area contributed by atoms with Crippen molar-refractivity contribution in [3.05, 3.63) is 51.2 Å². The number of thiophene rings is 1. The highest BCUT2D eigenvalue weighted by molar-refractivity contribution is 7.12. The smallest absolute Gasteiger partial charge is 0.121 e. The molecule has 2 rings (SSSR count). The fourth-order valence-corrected chi connectivity index (χ4v) is 3.31. The first kappa shape index (κ1) is 14.4. The standard InChI is InChI=1S/C15H18ClNOS/c1-10-7-8-14(19-10)15(17-3)11(2)18-13-6-4-5-12(16)9-13/h4-9,11,15,17H,1-3H3. The molecular weight excluding hydrogens is 278 g/mol. The van der Waals surface area contributed by atoms with E-state index in [0.717, 1.165) is 5.75 Å². The van der Waals surface area contributed by atoms with Gasteiger partial charge in [0.2, 0.25) is 0 Å². The Balaban J connectivity index is 2.11. The second kappa shape index (κ2) is 6.42. The molecule has 2 atom stereocenters. The second-order valence-corrected chi connectivity index (χ2v) is 6.25. The first-order chi connectivity index (χ1) is 9.10. The minimum absolute atomic E-state index is 0.0292. The highest BCUT2D eigenvalue weighted by atomic mass is 35.5. The molecule has 1 heterocycles. The number of aryl methyl sites for hydroxylation is 1. The van der Waals surface area contributed by atoms with Gasteiger partial charge in [-0.3, -0.25) is 0 Å². The average Bonchev–Trinajstić information content (AvgIpc) is 2.76. The van der Waals surface area contributed by atoms with Crippen molar-refractivity contribution in [1.82, 2.24) is 5.32 Å². The normalized spacial score (nSPS) is 14.1. The number of likely N-dealkylation sites (N-methyl/N-ethyl adjacent to an activating group) is 1. The lowest BCUT2D eigenvalue weighted by Gasteiger charge is -2.23. The van der Waals surface area contributed by atoms with Crippen molar-refractivity contribution in [2.75, 3.05) is 7.05 Å². The molecule has 0 amide bonds. The Hall–Kier alpha value is -1.03. The Bertz CT molecular complexity index is 540. The number of hydrogen-bond acceptors (Lipinski definition) is 3. The molecule has 0 aliphatic heterocycles. The van der Waals surface area contributed by atoms with Gasteiger partial charge in [-0.1, -0.05) is 17.7 Å². The molecule has 0 spiro atoms. The predicted octanol–water partition coefficient (Wildman–Crippen LogP) is 4.44. The van der Waals surface area contributed by atoms with E-state index in [2.05, 4.69) is 31.3 Å². The van der Waals surface area contributed by atoms with Crippen LogP contribution in [-0.4, -0.2) is 13.2 Å². The fraction of sp³-hybridized carbons (Fsp3) is 0.333. The Labute approximate surface area is 123 Å². The first-order valence-corrected chi connectivity index (χ1v) is 7.45. The summed E-state index contributed by atoms with van der Waals surface area (Å²) in [5.41, 5.74) is 0. The molecule has 0 aliphatic carbocycles. The van der Waals surface area contributed by atoms with Crippen LogP contribution in [0.15, 0.2) is 36.4 Å². The van der Waals surface area contributed by atoms with Gasteiger partial charge in [0.15, 0.2) is 0 Å². The van der Waals surface area contributed by atoms with E-state index in [9.17, 15) is 0 Å². The summed E-state index contributed by atoms with van der Waals surface area (Å²) in [6.07, 6.45) is 0.0292. The van der Waals surface area contributed by atoms with Crippen LogP contribution in [0.2, 0.25) is 5.02 Å². The van der Waals surface area contributed by atoms with Crippen molar-refractivity contribution >= 4 is 22.9 Å². The largest absolute Gasteiger partial charge is 0.489 e. The fourth-order valence-electron chi connectivity index (χ4n) is 2.05. The van der Waals surface area contributed by atoms with E-state index in [0.29, 0.717) is 5.02 Å². The number of benzene rings is 1. The SMILES string of the molecule is CNC(c1ccc(C)s1)C(C)Oc1cccc(Cl)c1. The molecule has 0 fully saturated rings. The average molecular weight is 296 g/mol. The van der Waals surface area contributed by atoms with Crippen molar-refractivity contribution in [3.63, 3.8) is 0 Å². The van der Waals surface area contributed by atoms with Gasteiger partial charge in [-0.05, 0) is 51.2 Å². The van der Waals surface area contributed by atoms with Gasteiger partial charge >= 0.3 is 0 Å². The van der Waals surface area contributed by atoms with Gasteiger partial charge in [0.1, 0.15) is 11.9 Å². The number of ether oxygens (including phenoxy) is 1. The van der Waals surface area contributed by atoms with Crippen LogP contribution in [-0.2, 0) is 0 Å². The molecule has 2 aromatic rings. The van der Waals surface area contributed by atoms with E-state index in [1.54, 1.807) is 11.3 Å². The van der Waals surface area contributed by atoms with E-state index in [1.807, 2.05) is 31.3 Å². The van der Waals surface area contributed by atoms with Crippen molar-refractivity contribution < 1.29 is 4.74 Å². The Kier molecular flexibility index (Phi) is 4.86. The molecule has 4 heteroatoms. The summed E-state index contributed by atoms with van der Waals surface area (Å²) in [5.74, 6) is 0.800. The number of rotatable bonds is 5. The van der Waals surface area contributed by atoms with Crippen molar-refractivity contribution in [3.8, 4) is 5.75 Å². The summed E-state index contributed by atoms with van der Waals surface area (Å²) in [5, 5.41) is 4.01. The predicted molar refractivity (Wildman–Crippen MR) is 82.4 cm³/mol.